The van der Waals surface area contributed by atoms with Crippen LogP contribution in [0.25, 0.3) is 0 Å². The van der Waals surface area contributed by atoms with Gasteiger partial charge < -0.3 is 15.1 Å². The van der Waals surface area contributed by atoms with E-state index in [1.165, 1.54) is 44.5 Å². The van der Waals surface area contributed by atoms with Gasteiger partial charge in [-0.3, -0.25) is 0 Å². The van der Waals surface area contributed by atoms with Crippen molar-refractivity contribution < 1.29 is 0 Å². The topological polar surface area (TPSA) is 18.5 Å². The van der Waals surface area contributed by atoms with Crippen molar-refractivity contribution in [3.8, 4) is 0 Å². The largest absolute Gasteiger partial charge is 0.372 e. The summed E-state index contributed by atoms with van der Waals surface area (Å²) in [7, 11) is 0. The van der Waals surface area contributed by atoms with Gasteiger partial charge in [0, 0.05) is 46.3 Å². The van der Waals surface area contributed by atoms with Crippen molar-refractivity contribution in [3.05, 3.63) is 35.9 Å². The van der Waals surface area contributed by atoms with Crippen molar-refractivity contribution in [2.24, 2.45) is 0 Å². The summed E-state index contributed by atoms with van der Waals surface area (Å²) in [6.07, 6.45) is 1.20. The quantitative estimate of drug-likeness (QED) is 0.520. The maximum Gasteiger partial charge on any atom is 0.0530 e. The first-order chi connectivity index (χ1) is 13.4. The Morgan fingerprint density at radius 1 is 1.07 bits per heavy atom. The minimum Gasteiger partial charge on any atom is -0.372 e. The Bertz CT molecular complexity index is 886. The van der Waals surface area contributed by atoms with Gasteiger partial charge >= 0.3 is 0 Å². The molecule has 3 nitrogen and oxygen atoms in total. The van der Waals surface area contributed by atoms with E-state index in [4.69, 9.17) is 0 Å². The summed E-state index contributed by atoms with van der Waals surface area (Å²) in [5, 5.41) is 3.71. The van der Waals surface area contributed by atoms with Crippen molar-refractivity contribution in [1.29, 1.82) is 0 Å². The van der Waals surface area contributed by atoms with Gasteiger partial charge in [-0.15, -0.1) is 0 Å². The van der Waals surface area contributed by atoms with E-state index in [1.807, 2.05) is 11.8 Å². The summed E-state index contributed by atoms with van der Waals surface area (Å²) >= 11 is 1.91. The van der Waals surface area contributed by atoms with E-state index in [-0.39, 0.29) is 5.54 Å². The fourth-order valence-electron chi connectivity index (χ4n) is 5.04. The van der Waals surface area contributed by atoms with Crippen LogP contribution in [-0.4, -0.2) is 25.2 Å². The summed E-state index contributed by atoms with van der Waals surface area (Å²) in [6.45, 7) is 17.0. The van der Waals surface area contributed by atoms with E-state index >= 15 is 0 Å². The number of anilines is 4. The smallest absolute Gasteiger partial charge is 0.0530 e. The highest BCUT2D eigenvalue weighted by molar-refractivity contribution is 7.99. The van der Waals surface area contributed by atoms with Crippen LogP contribution in [0, 0.1) is 0 Å². The highest BCUT2D eigenvalue weighted by Crippen LogP contribution is 2.51. The molecule has 2 aliphatic heterocycles. The van der Waals surface area contributed by atoms with Crippen LogP contribution in [0.15, 0.2) is 40.1 Å². The maximum absolute atomic E-state index is 3.71. The molecule has 0 fully saturated rings. The Morgan fingerprint density at radius 2 is 1.79 bits per heavy atom. The molecule has 28 heavy (non-hydrogen) atoms. The van der Waals surface area contributed by atoms with Crippen LogP contribution in [-0.2, 0) is 0 Å². The van der Waals surface area contributed by atoms with Gasteiger partial charge in [-0.1, -0.05) is 18.7 Å². The molecule has 1 N–H and O–H groups in total. The van der Waals surface area contributed by atoms with Gasteiger partial charge in [-0.25, -0.2) is 0 Å². The van der Waals surface area contributed by atoms with Crippen molar-refractivity contribution in [3.63, 3.8) is 0 Å². The van der Waals surface area contributed by atoms with E-state index in [9.17, 15) is 0 Å². The molecular formula is C24H33N3S. The van der Waals surface area contributed by atoms with E-state index in [0.29, 0.717) is 5.92 Å². The van der Waals surface area contributed by atoms with Crippen LogP contribution < -0.4 is 15.1 Å². The van der Waals surface area contributed by atoms with Crippen LogP contribution in [0.4, 0.5) is 22.7 Å². The predicted octanol–water partition coefficient (Wildman–Crippen LogP) is 6.85. The zero-order chi connectivity index (χ0) is 20.1. The lowest BCUT2D eigenvalue weighted by Crippen LogP contribution is -2.48. The highest BCUT2D eigenvalue weighted by atomic mass is 32.2. The monoisotopic (exact) mass is 395 g/mol. The molecule has 0 aromatic heterocycles. The minimum atomic E-state index is 0.204. The summed E-state index contributed by atoms with van der Waals surface area (Å²) in [6, 6.07) is 11.7. The van der Waals surface area contributed by atoms with Gasteiger partial charge in [0.25, 0.3) is 0 Å². The first-order valence-corrected chi connectivity index (χ1v) is 11.5. The first-order valence-electron chi connectivity index (χ1n) is 10.7. The number of rotatable bonds is 4. The van der Waals surface area contributed by atoms with Crippen LogP contribution in [0.1, 0.15) is 59.4 Å². The van der Waals surface area contributed by atoms with Gasteiger partial charge in [0.1, 0.15) is 0 Å². The average Bonchev–Trinajstić information content (AvgIpc) is 2.66. The highest BCUT2D eigenvalue weighted by Gasteiger charge is 2.36. The average molecular weight is 396 g/mol. The second-order valence-electron chi connectivity index (χ2n) is 8.65. The molecule has 0 amide bonds. The number of nitrogens with zero attached hydrogens (tertiary/aromatic N) is 2. The maximum atomic E-state index is 3.71. The Hall–Kier alpha value is -1.81. The van der Waals surface area contributed by atoms with Gasteiger partial charge in [0.05, 0.1) is 11.4 Å². The summed E-state index contributed by atoms with van der Waals surface area (Å²) in [4.78, 5) is 7.66. The first kappa shape index (κ1) is 19.5. The summed E-state index contributed by atoms with van der Waals surface area (Å²) < 4.78 is 0. The number of hydrogen-bond acceptors (Lipinski definition) is 4. The summed E-state index contributed by atoms with van der Waals surface area (Å²) in [5.41, 5.74) is 6.90. The third-order valence-corrected chi connectivity index (χ3v) is 7.50. The molecule has 0 spiro atoms. The molecule has 0 aliphatic carbocycles. The molecule has 2 heterocycles. The number of fused-ring (bicyclic) bond motifs is 3. The van der Waals surface area contributed by atoms with Crippen molar-refractivity contribution >= 4 is 34.5 Å². The van der Waals surface area contributed by atoms with E-state index in [1.54, 1.807) is 0 Å². The molecule has 4 rings (SSSR count). The lowest BCUT2D eigenvalue weighted by atomic mass is 9.80. The molecule has 2 aliphatic rings. The fraction of sp³-hybridized carbons (Fsp3) is 0.500. The van der Waals surface area contributed by atoms with Gasteiger partial charge in [-0.2, -0.15) is 0 Å². The van der Waals surface area contributed by atoms with Gasteiger partial charge in [0.2, 0.25) is 0 Å². The molecule has 150 valence electrons. The van der Waals surface area contributed by atoms with Crippen molar-refractivity contribution in [2.75, 3.05) is 34.8 Å². The molecule has 0 saturated heterocycles. The summed E-state index contributed by atoms with van der Waals surface area (Å²) in [5.74, 6) is 0.580. The normalized spacial score (nSPS) is 19.4. The Morgan fingerprint density at radius 3 is 2.46 bits per heavy atom. The van der Waals surface area contributed by atoms with Gasteiger partial charge in [-0.05, 0) is 82.9 Å². The van der Waals surface area contributed by atoms with Crippen LogP contribution >= 0.6 is 11.8 Å². The third-order valence-electron chi connectivity index (χ3n) is 6.39. The number of nitrogens with one attached hydrogen (secondary N) is 1. The van der Waals surface area contributed by atoms with Crippen LogP contribution in [0.2, 0.25) is 0 Å². The predicted molar refractivity (Wildman–Crippen MR) is 124 cm³/mol. The number of benzene rings is 2. The van der Waals surface area contributed by atoms with E-state index < -0.39 is 0 Å². The SMILES string of the molecule is CCN(CC)c1ccc2c(c1)Sc1cc3c(cc1N2)C(C)CC(C)(C)N3CC. The second kappa shape index (κ2) is 7.22. The van der Waals surface area contributed by atoms with Crippen molar-refractivity contribution in [2.45, 2.75) is 69.2 Å². The Labute approximate surface area is 174 Å². The standard InChI is InChI=1S/C24H33N3S/c1-7-26(8-2)17-10-11-19-22(12-17)28-23-14-21-18(13-20(23)25-19)16(4)15-24(5,6)27(21)9-3/h10-14,16,25H,7-9,15H2,1-6H3. The molecule has 1 unspecified atom stereocenters. The fourth-order valence-corrected chi connectivity index (χ4v) is 6.07. The van der Waals surface area contributed by atoms with Gasteiger partial charge in [0.15, 0.2) is 0 Å². The number of hydrogen-bond donors (Lipinski definition) is 1. The molecule has 4 heteroatoms. The lowest BCUT2D eigenvalue weighted by Gasteiger charge is -2.47. The Kier molecular flexibility index (Phi) is 5.03. The molecule has 0 saturated carbocycles. The molecular weight excluding hydrogens is 362 g/mol. The van der Waals surface area contributed by atoms with Crippen LogP contribution in [0.3, 0.4) is 0 Å². The third kappa shape index (κ3) is 3.16. The zero-order valence-corrected chi connectivity index (χ0v) is 18.9. The van der Waals surface area contributed by atoms with Crippen LogP contribution in [0.5, 0.6) is 0 Å². The minimum absolute atomic E-state index is 0.204. The Balaban J connectivity index is 1.74. The van der Waals surface area contributed by atoms with Crippen molar-refractivity contribution in [1.82, 2.24) is 0 Å². The lowest BCUT2D eigenvalue weighted by molar-refractivity contribution is 0.381. The molecule has 0 bridgehead atoms. The molecule has 2 aromatic rings. The molecule has 2 aromatic carbocycles. The molecule has 1 atom stereocenters. The van der Waals surface area contributed by atoms with E-state index in [0.717, 1.165) is 19.6 Å². The second-order valence-corrected chi connectivity index (χ2v) is 9.73. The van der Waals surface area contributed by atoms with E-state index in [2.05, 4.69) is 87.0 Å². The zero-order valence-electron chi connectivity index (χ0n) is 18.1. The molecule has 0 radical (unpaired) electrons.